The first-order chi connectivity index (χ1) is 10.7. The molecule has 0 aliphatic rings. The maximum Gasteiger partial charge on any atom is 0.220 e. The zero-order valence-electron chi connectivity index (χ0n) is 12.4. The number of hydrogen-bond acceptors (Lipinski definition) is 3. The molecule has 2 aromatic rings. The highest BCUT2D eigenvalue weighted by atomic mass is 32.1. The number of halogens is 1. The normalized spacial score (nSPS) is 10.4. The fourth-order valence-corrected chi connectivity index (χ4v) is 2.74. The molecule has 3 nitrogen and oxygen atoms in total. The molecule has 22 heavy (non-hydrogen) atoms. The second kappa shape index (κ2) is 9.20. The Morgan fingerprint density at radius 1 is 1.18 bits per heavy atom. The van der Waals surface area contributed by atoms with Gasteiger partial charge in [0, 0.05) is 17.8 Å². The summed E-state index contributed by atoms with van der Waals surface area (Å²) in [5.41, 5.74) is 0. The van der Waals surface area contributed by atoms with Gasteiger partial charge in [-0.2, -0.15) is 0 Å². The van der Waals surface area contributed by atoms with E-state index in [0.717, 1.165) is 12.8 Å². The highest BCUT2D eigenvalue weighted by molar-refractivity contribution is 7.09. The summed E-state index contributed by atoms with van der Waals surface area (Å²) >= 11 is 1.74. The van der Waals surface area contributed by atoms with E-state index < -0.39 is 0 Å². The minimum atomic E-state index is -0.283. The van der Waals surface area contributed by atoms with Crippen molar-refractivity contribution >= 4 is 17.2 Å². The quantitative estimate of drug-likeness (QED) is 0.714. The van der Waals surface area contributed by atoms with Crippen LogP contribution in [0.5, 0.6) is 5.75 Å². The van der Waals surface area contributed by atoms with E-state index in [1.54, 1.807) is 23.5 Å². The predicted molar refractivity (Wildman–Crippen MR) is 86.8 cm³/mol. The Morgan fingerprint density at radius 3 is 2.73 bits per heavy atom. The van der Waals surface area contributed by atoms with Crippen LogP contribution < -0.4 is 10.1 Å². The van der Waals surface area contributed by atoms with E-state index in [4.69, 9.17) is 4.74 Å². The first kappa shape index (κ1) is 16.5. The maximum atomic E-state index is 12.7. The van der Waals surface area contributed by atoms with Crippen LogP contribution in [0.15, 0.2) is 41.8 Å². The molecule has 0 aliphatic carbocycles. The Bertz CT molecular complexity index is 555. The number of nitrogens with one attached hydrogen (secondary N) is 1. The summed E-state index contributed by atoms with van der Waals surface area (Å²) in [6.07, 6.45) is 3.05. The van der Waals surface area contributed by atoms with E-state index in [2.05, 4.69) is 16.8 Å². The van der Waals surface area contributed by atoms with Gasteiger partial charge < -0.3 is 10.1 Å². The van der Waals surface area contributed by atoms with E-state index in [-0.39, 0.29) is 11.7 Å². The van der Waals surface area contributed by atoms with Crippen LogP contribution in [0.1, 0.15) is 24.1 Å². The molecule has 1 aromatic heterocycles. The molecule has 0 fully saturated rings. The molecule has 0 saturated heterocycles. The Hall–Kier alpha value is -1.88. The van der Waals surface area contributed by atoms with Crippen molar-refractivity contribution < 1.29 is 13.9 Å². The topological polar surface area (TPSA) is 38.3 Å². The molecule has 118 valence electrons. The number of carbonyl (C=O) groups excluding carboxylic acids is 1. The number of rotatable bonds is 9. The van der Waals surface area contributed by atoms with Gasteiger partial charge in [0.1, 0.15) is 11.6 Å². The summed E-state index contributed by atoms with van der Waals surface area (Å²) in [6.45, 7) is 1.16. The van der Waals surface area contributed by atoms with E-state index in [1.807, 2.05) is 6.07 Å². The standard InChI is InChI=1S/C17H20FNO2S/c18-14-7-9-15(10-8-14)21-12-2-6-17(20)19-11-1-4-16-5-3-13-22-16/h3,5,7-10,13H,1-2,4,6,11-12H2,(H,19,20). The van der Waals surface area contributed by atoms with E-state index in [1.165, 1.54) is 17.0 Å². The van der Waals surface area contributed by atoms with Crippen molar-refractivity contribution in [2.45, 2.75) is 25.7 Å². The molecular weight excluding hydrogens is 301 g/mol. The second-order valence-electron chi connectivity index (χ2n) is 4.94. The fraction of sp³-hybridized carbons (Fsp3) is 0.353. The Kier molecular flexibility index (Phi) is 6.90. The molecule has 0 unspecified atom stereocenters. The number of ether oxygens (including phenoxy) is 1. The molecule has 0 aliphatic heterocycles. The minimum Gasteiger partial charge on any atom is -0.494 e. The number of hydrogen-bond donors (Lipinski definition) is 1. The third-order valence-corrected chi connectivity index (χ3v) is 4.07. The Balaban J connectivity index is 1.49. The van der Waals surface area contributed by atoms with Gasteiger partial charge in [-0.1, -0.05) is 6.07 Å². The van der Waals surface area contributed by atoms with Crippen LogP contribution in [0.25, 0.3) is 0 Å². The van der Waals surface area contributed by atoms with Gasteiger partial charge in [-0.15, -0.1) is 11.3 Å². The fourth-order valence-electron chi connectivity index (χ4n) is 1.99. The third-order valence-electron chi connectivity index (χ3n) is 3.13. The molecule has 1 aromatic carbocycles. The molecule has 1 heterocycles. The number of thiophene rings is 1. The second-order valence-corrected chi connectivity index (χ2v) is 5.97. The average Bonchev–Trinajstić information content (AvgIpc) is 3.03. The largest absolute Gasteiger partial charge is 0.494 e. The molecule has 1 N–H and O–H groups in total. The molecule has 0 atom stereocenters. The summed E-state index contributed by atoms with van der Waals surface area (Å²) in [6, 6.07) is 10.0. The van der Waals surface area contributed by atoms with Crippen molar-refractivity contribution in [2.24, 2.45) is 0 Å². The smallest absolute Gasteiger partial charge is 0.220 e. The molecule has 0 radical (unpaired) electrons. The lowest BCUT2D eigenvalue weighted by Gasteiger charge is -2.07. The first-order valence-electron chi connectivity index (χ1n) is 7.41. The molecule has 2 rings (SSSR count). The van der Waals surface area contributed by atoms with E-state index >= 15 is 0 Å². The van der Waals surface area contributed by atoms with Gasteiger partial charge in [0.05, 0.1) is 6.61 Å². The highest BCUT2D eigenvalue weighted by Gasteiger charge is 2.02. The summed E-state index contributed by atoms with van der Waals surface area (Å²) in [4.78, 5) is 13.0. The molecule has 0 spiro atoms. The van der Waals surface area contributed by atoms with Crippen molar-refractivity contribution in [1.82, 2.24) is 5.32 Å². The summed E-state index contributed by atoms with van der Waals surface area (Å²) in [5.74, 6) is 0.390. The number of carbonyl (C=O) groups is 1. The summed E-state index contributed by atoms with van der Waals surface area (Å²) in [7, 11) is 0. The highest BCUT2D eigenvalue weighted by Crippen LogP contribution is 2.12. The minimum absolute atomic E-state index is 0.0499. The van der Waals surface area contributed by atoms with Crippen LogP contribution in [-0.2, 0) is 11.2 Å². The molecular formula is C17H20FNO2S. The molecule has 1 amide bonds. The van der Waals surface area contributed by atoms with Crippen LogP contribution in [0.4, 0.5) is 4.39 Å². The number of amides is 1. The van der Waals surface area contributed by atoms with Crippen molar-refractivity contribution in [3.05, 3.63) is 52.5 Å². The van der Waals surface area contributed by atoms with Gasteiger partial charge in [0.15, 0.2) is 0 Å². The van der Waals surface area contributed by atoms with Crippen LogP contribution in [0.3, 0.4) is 0 Å². The van der Waals surface area contributed by atoms with Gasteiger partial charge >= 0.3 is 0 Å². The monoisotopic (exact) mass is 321 g/mol. The van der Waals surface area contributed by atoms with Crippen molar-refractivity contribution in [1.29, 1.82) is 0 Å². The summed E-state index contributed by atoms with van der Waals surface area (Å²) < 4.78 is 18.2. The Morgan fingerprint density at radius 2 is 2.00 bits per heavy atom. The number of benzene rings is 1. The van der Waals surface area contributed by atoms with Crippen LogP contribution in [0.2, 0.25) is 0 Å². The zero-order valence-corrected chi connectivity index (χ0v) is 13.2. The maximum absolute atomic E-state index is 12.7. The Labute approximate surface area is 134 Å². The molecule has 0 bridgehead atoms. The van der Waals surface area contributed by atoms with Gasteiger partial charge in [-0.3, -0.25) is 4.79 Å². The average molecular weight is 321 g/mol. The third kappa shape index (κ3) is 6.26. The van der Waals surface area contributed by atoms with Crippen LogP contribution >= 0.6 is 11.3 Å². The molecule has 0 saturated carbocycles. The van der Waals surface area contributed by atoms with Crippen LogP contribution in [-0.4, -0.2) is 19.1 Å². The lowest BCUT2D eigenvalue weighted by Crippen LogP contribution is -2.24. The van der Waals surface area contributed by atoms with Crippen LogP contribution in [0, 0.1) is 5.82 Å². The number of aryl methyl sites for hydroxylation is 1. The first-order valence-corrected chi connectivity index (χ1v) is 8.29. The van der Waals surface area contributed by atoms with Gasteiger partial charge in [-0.05, 0) is 55.0 Å². The lowest BCUT2D eigenvalue weighted by atomic mass is 10.2. The van der Waals surface area contributed by atoms with Crippen molar-refractivity contribution in [3.63, 3.8) is 0 Å². The van der Waals surface area contributed by atoms with E-state index in [0.29, 0.717) is 31.7 Å². The van der Waals surface area contributed by atoms with Gasteiger partial charge in [-0.25, -0.2) is 4.39 Å². The van der Waals surface area contributed by atoms with Crippen molar-refractivity contribution in [3.8, 4) is 5.75 Å². The zero-order chi connectivity index (χ0) is 15.6. The lowest BCUT2D eigenvalue weighted by molar-refractivity contribution is -0.121. The molecule has 5 heteroatoms. The van der Waals surface area contributed by atoms with Crippen molar-refractivity contribution in [2.75, 3.05) is 13.2 Å². The van der Waals surface area contributed by atoms with Gasteiger partial charge in [0.25, 0.3) is 0 Å². The summed E-state index contributed by atoms with van der Waals surface area (Å²) in [5, 5.41) is 4.98. The van der Waals surface area contributed by atoms with Gasteiger partial charge in [0.2, 0.25) is 5.91 Å². The predicted octanol–water partition coefficient (Wildman–Crippen LogP) is 3.80. The van der Waals surface area contributed by atoms with E-state index in [9.17, 15) is 9.18 Å². The SMILES string of the molecule is O=C(CCCOc1ccc(F)cc1)NCCCc1cccs1.